The summed E-state index contributed by atoms with van der Waals surface area (Å²) in [5.41, 5.74) is 2.26. The highest BCUT2D eigenvalue weighted by atomic mass is 16.5. The van der Waals surface area contributed by atoms with Crippen molar-refractivity contribution in [1.29, 1.82) is 5.26 Å². The first-order chi connectivity index (χ1) is 17.0. The fourth-order valence-electron chi connectivity index (χ4n) is 3.25. The fourth-order valence-corrected chi connectivity index (χ4v) is 3.25. The maximum atomic E-state index is 12.0. The van der Waals surface area contributed by atoms with E-state index in [1.807, 2.05) is 0 Å². The van der Waals surface area contributed by atoms with Crippen LogP contribution >= 0.6 is 0 Å². The average Bonchev–Trinajstić information content (AvgIpc) is 2.87. The minimum atomic E-state index is -0.672. The van der Waals surface area contributed by atoms with E-state index in [1.54, 1.807) is 92.0 Å². The number of phenols is 2. The molecule has 0 spiro atoms. The zero-order valence-electron chi connectivity index (χ0n) is 19.2. The largest absolute Gasteiger partial charge is 0.507 e. The van der Waals surface area contributed by atoms with Crippen LogP contribution in [0.2, 0.25) is 0 Å². The van der Waals surface area contributed by atoms with Crippen molar-refractivity contribution in [3.63, 3.8) is 0 Å². The van der Waals surface area contributed by atoms with E-state index in [1.165, 1.54) is 12.3 Å². The Morgan fingerprint density at radius 1 is 0.943 bits per heavy atom. The average molecular weight is 468 g/mol. The van der Waals surface area contributed by atoms with Gasteiger partial charge in [-0.15, -0.1) is 0 Å². The first-order valence-electron chi connectivity index (χ1n) is 11.0. The zero-order valence-corrected chi connectivity index (χ0v) is 19.2. The Morgan fingerprint density at radius 3 is 2.06 bits per heavy atom. The molecule has 7 nitrogen and oxygen atoms in total. The number of hydrogen-bond donors (Lipinski definition) is 2. The molecule has 0 heterocycles. The summed E-state index contributed by atoms with van der Waals surface area (Å²) in [6.45, 7) is 1.95. The van der Waals surface area contributed by atoms with Crippen molar-refractivity contribution in [3.8, 4) is 17.6 Å². The Balaban J connectivity index is 2.07. The molecule has 0 fully saturated rings. The number of phenolic OH excluding ortho intramolecular Hbond substituents is 2. The minimum Gasteiger partial charge on any atom is -0.507 e. The molecule has 3 rings (SSSR count). The fraction of sp³-hybridized carbons (Fsp3) is 0.143. The van der Waals surface area contributed by atoms with Crippen LogP contribution in [0.5, 0.6) is 11.5 Å². The van der Waals surface area contributed by atoms with Crippen LogP contribution in [0.3, 0.4) is 0 Å². The predicted octanol–water partition coefficient (Wildman–Crippen LogP) is 4.74. The number of para-hydroxylation sites is 2. The van der Waals surface area contributed by atoms with Gasteiger partial charge in [0.25, 0.3) is 0 Å². The van der Waals surface area contributed by atoms with Gasteiger partial charge in [0.15, 0.2) is 0 Å². The van der Waals surface area contributed by atoms with Gasteiger partial charge >= 0.3 is 5.97 Å². The molecule has 2 atom stereocenters. The van der Waals surface area contributed by atoms with Crippen LogP contribution in [-0.2, 0) is 9.53 Å². The van der Waals surface area contributed by atoms with Gasteiger partial charge in [-0.25, -0.2) is 4.79 Å². The lowest BCUT2D eigenvalue weighted by Crippen LogP contribution is -2.15. The summed E-state index contributed by atoms with van der Waals surface area (Å²) in [4.78, 5) is 21.3. The van der Waals surface area contributed by atoms with Crippen molar-refractivity contribution < 1.29 is 19.7 Å². The van der Waals surface area contributed by atoms with Gasteiger partial charge in [-0.05, 0) is 48.9 Å². The van der Waals surface area contributed by atoms with E-state index in [9.17, 15) is 20.3 Å². The second-order valence-corrected chi connectivity index (χ2v) is 7.45. The summed E-state index contributed by atoms with van der Waals surface area (Å²) in [7, 11) is 0. The van der Waals surface area contributed by atoms with E-state index in [2.05, 4.69) is 11.1 Å². The van der Waals surface area contributed by atoms with Crippen molar-refractivity contribution in [2.24, 2.45) is 9.98 Å². The molecular weight excluding hydrogens is 442 g/mol. The van der Waals surface area contributed by atoms with Crippen molar-refractivity contribution in [2.45, 2.75) is 19.0 Å². The maximum Gasteiger partial charge on any atom is 0.330 e. The molecule has 0 unspecified atom stereocenters. The number of nitriles is 1. The lowest BCUT2D eigenvalue weighted by Gasteiger charge is -2.19. The van der Waals surface area contributed by atoms with Crippen LogP contribution in [0.1, 0.15) is 35.2 Å². The van der Waals surface area contributed by atoms with Crippen LogP contribution in [0.15, 0.2) is 94.9 Å². The van der Waals surface area contributed by atoms with Crippen LogP contribution in [0, 0.1) is 11.3 Å². The minimum absolute atomic E-state index is 0.0667. The first-order valence-corrected chi connectivity index (χ1v) is 11.0. The monoisotopic (exact) mass is 467 g/mol. The van der Waals surface area contributed by atoms with Crippen LogP contribution in [-0.4, -0.2) is 41.3 Å². The number of carbonyl (C=O) groups is 1. The third-order valence-corrected chi connectivity index (χ3v) is 5.05. The normalized spacial score (nSPS) is 13.1. The Bertz CT molecular complexity index is 1270. The number of carbonyl (C=O) groups excluding carboxylic acids is 1. The molecule has 0 aliphatic heterocycles. The Labute approximate surface area is 204 Å². The van der Waals surface area contributed by atoms with Crippen LogP contribution < -0.4 is 0 Å². The smallest absolute Gasteiger partial charge is 0.330 e. The van der Waals surface area contributed by atoms with Crippen LogP contribution in [0.4, 0.5) is 0 Å². The molecule has 0 radical (unpaired) electrons. The van der Waals surface area contributed by atoms with Gasteiger partial charge in [0.05, 0.1) is 24.3 Å². The summed E-state index contributed by atoms with van der Waals surface area (Å²) in [5.74, 6) is -0.373. The number of aromatic hydroxyl groups is 2. The van der Waals surface area contributed by atoms with Crippen molar-refractivity contribution in [1.82, 2.24) is 0 Å². The topological polar surface area (TPSA) is 115 Å². The van der Waals surface area contributed by atoms with E-state index in [0.29, 0.717) is 16.7 Å². The van der Waals surface area contributed by atoms with Gasteiger partial charge in [0.1, 0.15) is 17.5 Å². The Hall–Kier alpha value is -4.70. The molecule has 7 heteroatoms. The van der Waals surface area contributed by atoms with E-state index >= 15 is 0 Å². The summed E-state index contributed by atoms with van der Waals surface area (Å²) >= 11 is 0. The highest BCUT2D eigenvalue weighted by molar-refractivity contribution is 5.85. The molecule has 0 aliphatic carbocycles. The van der Waals surface area contributed by atoms with E-state index in [0.717, 1.165) is 5.56 Å². The van der Waals surface area contributed by atoms with Crippen LogP contribution in [0.25, 0.3) is 0 Å². The second kappa shape index (κ2) is 12.5. The predicted molar refractivity (Wildman–Crippen MR) is 135 cm³/mol. The highest BCUT2D eigenvalue weighted by Gasteiger charge is 2.20. The molecule has 0 saturated carbocycles. The third-order valence-electron chi connectivity index (χ3n) is 5.05. The van der Waals surface area contributed by atoms with Gasteiger partial charge in [-0.3, -0.25) is 9.98 Å². The molecule has 0 aliphatic rings. The summed E-state index contributed by atoms with van der Waals surface area (Å²) in [6.07, 6.45) is 5.93. The molecule has 0 amide bonds. The molecule has 3 aromatic carbocycles. The Morgan fingerprint density at radius 2 is 1.51 bits per heavy atom. The molecular formula is C28H25N3O4. The standard InChI is InChI=1S/C28H25N3O4/c1-2-35-27(34)16-15-24(30-18-22-7-3-5-9-25(22)32)28(21-13-11-20(17-29)12-14-21)31-19-23-8-4-6-10-26(23)33/h3-16,18-19,24,28,32-33H,2H2,1H3/b16-15+,30-18?,31-19?/t24-,28-/m0/s1. The van der Waals surface area contributed by atoms with E-state index in [-0.39, 0.29) is 18.1 Å². The van der Waals surface area contributed by atoms with Gasteiger partial charge in [0.2, 0.25) is 0 Å². The van der Waals surface area contributed by atoms with Gasteiger partial charge in [-0.1, -0.05) is 42.5 Å². The van der Waals surface area contributed by atoms with Crippen molar-refractivity contribution in [2.75, 3.05) is 6.61 Å². The van der Waals surface area contributed by atoms with Crippen molar-refractivity contribution in [3.05, 3.63) is 107 Å². The summed E-state index contributed by atoms with van der Waals surface area (Å²) in [6, 6.07) is 21.2. The molecule has 3 aromatic rings. The number of rotatable bonds is 9. The van der Waals surface area contributed by atoms with Gasteiger partial charge < -0.3 is 14.9 Å². The maximum absolute atomic E-state index is 12.0. The molecule has 0 bridgehead atoms. The third kappa shape index (κ3) is 7.14. The zero-order chi connectivity index (χ0) is 25.0. The quantitative estimate of drug-likeness (QED) is 0.268. The number of esters is 1. The SMILES string of the molecule is CCOC(=O)/C=C/[C@H](N=Cc1ccccc1O)[C@@H](N=Cc1ccccc1O)c1ccc(C#N)cc1. The lowest BCUT2D eigenvalue weighted by molar-refractivity contribution is -0.137. The number of ether oxygens (including phenoxy) is 1. The van der Waals surface area contributed by atoms with E-state index < -0.39 is 18.1 Å². The van der Waals surface area contributed by atoms with Crippen molar-refractivity contribution >= 4 is 18.4 Å². The van der Waals surface area contributed by atoms with Gasteiger partial charge in [-0.2, -0.15) is 5.26 Å². The lowest BCUT2D eigenvalue weighted by atomic mass is 9.98. The Kier molecular flexibility index (Phi) is 8.92. The summed E-state index contributed by atoms with van der Waals surface area (Å²) in [5, 5.41) is 29.5. The second-order valence-electron chi connectivity index (χ2n) is 7.45. The molecule has 2 N–H and O–H groups in total. The molecule has 35 heavy (non-hydrogen) atoms. The number of hydrogen-bond acceptors (Lipinski definition) is 7. The molecule has 0 aromatic heterocycles. The number of aliphatic imine (C=N–C) groups is 2. The molecule has 0 saturated heterocycles. The molecule has 176 valence electrons. The number of benzene rings is 3. The highest BCUT2D eigenvalue weighted by Crippen LogP contribution is 2.27. The number of nitrogens with zero attached hydrogens (tertiary/aromatic N) is 3. The first kappa shape index (κ1) is 24.9. The summed E-state index contributed by atoms with van der Waals surface area (Å²) < 4.78 is 5.01. The van der Waals surface area contributed by atoms with E-state index in [4.69, 9.17) is 9.73 Å². The van der Waals surface area contributed by atoms with Gasteiger partial charge in [0, 0.05) is 29.6 Å².